The molecule has 1 spiro atoms. The first kappa shape index (κ1) is 26.3. The molecule has 3 aromatic rings. The summed E-state index contributed by atoms with van der Waals surface area (Å²) in [4.78, 5) is 46.5. The van der Waals surface area contributed by atoms with Crippen LogP contribution in [-0.2, 0) is 27.4 Å². The van der Waals surface area contributed by atoms with Gasteiger partial charge in [-0.25, -0.2) is 4.98 Å². The van der Waals surface area contributed by atoms with E-state index < -0.39 is 6.04 Å². The fourth-order valence-corrected chi connectivity index (χ4v) is 7.04. The lowest BCUT2D eigenvalue weighted by molar-refractivity contribution is -0.125. The van der Waals surface area contributed by atoms with Crippen LogP contribution in [0, 0.1) is 0 Å². The number of nitrogens with zero attached hydrogens (tertiary/aromatic N) is 4. The van der Waals surface area contributed by atoms with E-state index in [1.54, 1.807) is 11.9 Å². The molecule has 41 heavy (non-hydrogen) atoms. The van der Waals surface area contributed by atoms with Crippen molar-refractivity contribution in [3.05, 3.63) is 53.2 Å². The number of amides is 2. The van der Waals surface area contributed by atoms with Crippen LogP contribution in [0.25, 0.3) is 22.3 Å². The Kier molecular flexibility index (Phi) is 6.66. The Morgan fingerprint density at radius 2 is 2.05 bits per heavy atom. The van der Waals surface area contributed by atoms with Crippen LogP contribution in [0.4, 0.5) is 0 Å². The molecule has 4 aliphatic rings. The van der Waals surface area contributed by atoms with Gasteiger partial charge < -0.3 is 24.3 Å². The molecule has 1 unspecified atom stereocenters. The van der Waals surface area contributed by atoms with Crippen molar-refractivity contribution in [3.8, 4) is 11.3 Å². The van der Waals surface area contributed by atoms with E-state index >= 15 is 0 Å². The highest BCUT2D eigenvalue weighted by atomic mass is 16.5. The summed E-state index contributed by atoms with van der Waals surface area (Å²) in [5.41, 5.74) is 6.01. The summed E-state index contributed by atoms with van der Waals surface area (Å²) in [6, 6.07) is 9.95. The number of hydrogen-bond acceptors (Lipinski definition) is 6. The maximum absolute atomic E-state index is 13.3. The summed E-state index contributed by atoms with van der Waals surface area (Å²) in [7, 11) is 1.56. The molecule has 0 bridgehead atoms. The molecule has 2 amide bonds. The molecule has 7 rings (SSSR count). The molecule has 2 aromatic heterocycles. The van der Waals surface area contributed by atoms with Gasteiger partial charge in [-0.1, -0.05) is 12.5 Å². The molecule has 9 heteroatoms. The lowest BCUT2D eigenvalue weighted by Crippen LogP contribution is -2.46. The number of pyridine rings is 1. The third-order valence-electron chi connectivity index (χ3n) is 9.68. The number of fused-ring (bicyclic) bond motifs is 2. The van der Waals surface area contributed by atoms with Gasteiger partial charge in [0.1, 0.15) is 18.0 Å². The average molecular weight is 556 g/mol. The van der Waals surface area contributed by atoms with E-state index in [1.165, 1.54) is 43.1 Å². The van der Waals surface area contributed by atoms with Gasteiger partial charge in [-0.05, 0) is 74.0 Å². The van der Waals surface area contributed by atoms with Gasteiger partial charge in [-0.15, -0.1) is 0 Å². The number of carbonyl (C=O) groups excluding carboxylic acids is 3. The van der Waals surface area contributed by atoms with Crippen molar-refractivity contribution >= 4 is 29.1 Å². The normalized spacial score (nSPS) is 20.7. The van der Waals surface area contributed by atoms with Crippen molar-refractivity contribution < 1.29 is 19.1 Å². The maximum atomic E-state index is 13.3. The molecule has 3 aliphatic heterocycles. The van der Waals surface area contributed by atoms with Crippen molar-refractivity contribution in [2.75, 3.05) is 26.8 Å². The molecule has 1 aliphatic carbocycles. The first-order chi connectivity index (χ1) is 20.0. The van der Waals surface area contributed by atoms with Crippen molar-refractivity contribution in [3.63, 3.8) is 0 Å². The number of aromatic nitrogens is 2. The molecular weight excluding hydrogens is 518 g/mol. The van der Waals surface area contributed by atoms with Crippen LogP contribution in [-0.4, -0.2) is 75.8 Å². The van der Waals surface area contributed by atoms with Crippen molar-refractivity contribution in [1.29, 1.82) is 0 Å². The van der Waals surface area contributed by atoms with Crippen molar-refractivity contribution in [2.45, 2.75) is 75.7 Å². The summed E-state index contributed by atoms with van der Waals surface area (Å²) in [6.07, 6.45) is 9.95. The number of aldehydes is 1. The second kappa shape index (κ2) is 10.4. The van der Waals surface area contributed by atoms with Crippen LogP contribution < -0.4 is 5.32 Å². The van der Waals surface area contributed by atoms with E-state index in [1.807, 2.05) is 12.1 Å². The number of ether oxygens (including phenoxy) is 1. The third kappa shape index (κ3) is 4.55. The van der Waals surface area contributed by atoms with Gasteiger partial charge in [0.25, 0.3) is 5.91 Å². The predicted octanol–water partition coefficient (Wildman–Crippen LogP) is 3.84. The summed E-state index contributed by atoms with van der Waals surface area (Å²) >= 11 is 0. The number of benzene rings is 1. The van der Waals surface area contributed by atoms with Crippen molar-refractivity contribution in [2.24, 2.45) is 0 Å². The first-order valence-corrected chi connectivity index (χ1v) is 14.9. The van der Waals surface area contributed by atoms with Gasteiger partial charge in [0.05, 0.1) is 24.9 Å². The topological polar surface area (TPSA) is 96.8 Å². The van der Waals surface area contributed by atoms with E-state index in [-0.39, 0.29) is 18.2 Å². The van der Waals surface area contributed by atoms with Gasteiger partial charge in [0, 0.05) is 54.8 Å². The largest absolute Gasteiger partial charge is 0.377 e. The molecule has 5 heterocycles. The molecule has 1 N–H and O–H groups in total. The minimum atomic E-state index is -0.679. The summed E-state index contributed by atoms with van der Waals surface area (Å²) < 4.78 is 7.77. The van der Waals surface area contributed by atoms with E-state index in [4.69, 9.17) is 9.72 Å². The second-order valence-corrected chi connectivity index (χ2v) is 12.1. The molecule has 1 atom stereocenters. The molecule has 1 aromatic carbocycles. The molecule has 9 nitrogen and oxygen atoms in total. The monoisotopic (exact) mass is 555 g/mol. The van der Waals surface area contributed by atoms with Crippen LogP contribution >= 0.6 is 0 Å². The highest BCUT2D eigenvalue weighted by Gasteiger charge is 2.48. The predicted molar refractivity (Wildman–Crippen MR) is 154 cm³/mol. The standard InChI is InChI=1S/C32H37N5O4/c1-33-30(39)28(5-4-14-38)37-18-22-15-21(6-7-26(22)31(37)40)27-16-23(17-35-12-3-2-9-32(35)10-11-32)25-8-13-36(29(25)34-27)24-19-41-20-24/h6-8,13-16,24,28H,2-5,9-12,17-20H2,1H3,(H,33,39). The fourth-order valence-electron chi connectivity index (χ4n) is 7.04. The average Bonchev–Trinajstić information content (AvgIpc) is 3.49. The Bertz CT molecular complexity index is 1520. The number of hydrogen-bond donors (Lipinski definition) is 1. The zero-order valence-electron chi connectivity index (χ0n) is 23.6. The second-order valence-electron chi connectivity index (χ2n) is 12.1. The molecule has 1 saturated carbocycles. The number of carbonyl (C=O) groups is 3. The lowest BCUT2D eigenvalue weighted by atomic mass is 9.97. The zero-order valence-corrected chi connectivity index (χ0v) is 23.6. The van der Waals surface area contributed by atoms with E-state index in [0.29, 0.717) is 43.3 Å². The third-order valence-corrected chi connectivity index (χ3v) is 9.68. The minimum Gasteiger partial charge on any atom is -0.377 e. The zero-order chi connectivity index (χ0) is 28.1. The lowest BCUT2D eigenvalue weighted by Gasteiger charge is -2.36. The summed E-state index contributed by atoms with van der Waals surface area (Å²) in [5, 5.41) is 3.85. The number of piperidine rings is 1. The Hall–Kier alpha value is -3.56. The Morgan fingerprint density at radius 3 is 2.78 bits per heavy atom. The van der Waals surface area contributed by atoms with Gasteiger partial charge in [0.15, 0.2) is 0 Å². The Balaban J connectivity index is 1.25. The highest BCUT2D eigenvalue weighted by Crippen LogP contribution is 2.49. The van der Waals surface area contributed by atoms with E-state index in [0.717, 1.165) is 41.8 Å². The molecule has 214 valence electrons. The smallest absolute Gasteiger partial charge is 0.255 e. The maximum Gasteiger partial charge on any atom is 0.255 e. The molecule has 3 fully saturated rings. The number of nitrogens with one attached hydrogen (secondary N) is 1. The quantitative estimate of drug-likeness (QED) is 0.403. The van der Waals surface area contributed by atoms with Crippen LogP contribution in [0.1, 0.15) is 72.5 Å². The van der Waals surface area contributed by atoms with Crippen molar-refractivity contribution in [1.82, 2.24) is 24.7 Å². The fraction of sp³-hybridized carbons (Fsp3) is 0.500. The van der Waals surface area contributed by atoms with Crippen LogP contribution in [0.5, 0.6) is 0 Å². The Morgan fingerprint density at radius 1 is 1.20 bits per heavy atom. The van der Waals surface area contributed by atoms with Gasteiger partial charge in [-0.3, -0.25) is 14.5 Å². The van der Waals surface area contributed by atoms with Gasteiger partial charge in [0.2, 0.25) is 5.91 Å². The Labute approximate surface area is 239 Å². The van der Waals surface area contributed by atoms with E-state index in [9.17, 15) is 14.4 Å². The van der Waals surface area contributed by atoms with E-state index in [2.05, 4.69) is 39.2 Å². The highest BCUT2D eigenvalue weighted by molar-refractivity contribution is 6.01. The SMILES string of the molecule is CNC(=O)C(CCC=O)N1Cc2cc(-c3cc(CN4CCCCC45CC5)c4ccn(C5COC5)c4n3)ccc2C1=O. The molecule has 0 radical (unpaired) electrons. The number of rotatable bonds is 9. The minimum absolute atomic E-state index is 0.172. The summed E-state index contributed by atoms with van der Waals surface area (Å²) in [6.45, 7) is 3.80. The van der Waals surface area contributed by atoms with Crippen LogP contribution in [0.15, 0.2) is 36.5 Å². The summed E-state index contributed by atoms with van der Waals surface area (Å²) in [5.74, 6) is -0.425. The van der Waals surface area contributed by atoms with Crippen LogP contribution in [0.3, 0.4) is 0 Å². The molecule has 2 saturated heterocycles. The number of likely N-dealkylation sites (N-methyl/N-ethyl adjacent to an activating group) is 1. The van der Waals surface area contributed by atoms with Gasteiger partial charge in [-0.2, -0.15) is 0 Å². The number of likely N-dealkylation sites (tertiary alicyclic amines) is 1. The van der Waals surface area contributed by atoms with Crippen LogP contribution in [0.2, 0.25) is 0 Å². The van der Waals surface area contributed by atoms with Gasteiger partial charge >= 0.3 is 0 Å². The first-order valence-electron chi connectivity index (χ1n) is 14.9. The molecular formula is C32H37N5O4.